The first-order valence-corrected chi connectivity index (χ1v) is 3.97. The van der Waals surface area contributed by atoms with Crippen LogP contribution in [0.1, 0.15) is 5.56 Å². The summed E-state index contributed by atoms with van der Waals surface area (Å²) in [6, 6.07) is 5.14. The topological polar surface area (TPSA) is 49.8 Å². The highest BCUT2D eigenvalue weighted by Gasteiger charge is 2.04. The molecular formula is C7H4BrClN2. The van der Waals surface area contributed by atoms with Crippen LogP contribution in [0, 0.1) is 11.3 Å². The molecule has 11 heavy (non-hydrogen) atoms. The lowest BCUT2D eigenvalue weighted by Crippen LogP contribution is -1.90. The van der Waals surface area contributed by atoms with Crippen LogP contribution in [0.2, 0.25) is 5.02 Å². The highest BCUT2D eigenvalue weighted by Crippen LogP contribution is 2.26. The van der Waals surface area contributed by atoms with Gasteiger partial charge in [-0.25, -0.2) is 0 Å². The van der Waals surface area contributed by atoms with Crippen LogP contribution in [0.4, 0.5) is 5.69 Å². The molecule has 0 aliphatic heterocycles. The van der Waals surface area contributed by atoms with Crippen LogP contribution in [0.3, 0.4) is 0 Å². The van der Waals surface area contributed by atoms with E-state index in [0.29, 0.717) is 20.7 Å². The molecule has 0 aliphatic rings. The highest BCUT2D eigenvalue weighted by atomic mass is 79.9. The molecule has 0 radical (unpaired) electrons. The zero-order chi connectivity index (χ0) is 8.43. The van der Waals surface area contributed by atoms with Gasteiger partial charge in [0.15, 0.2) is 0 Å². The molecule has 56 valence electrons. The van der Waals surface area contributed by atoms with Gasteiger partial charge >= 0.3 is 0 Å². The van der Waals surface area contributed by atoms with Crippen LogP contribution < -0.4 is 5.73 Å². The molecule has 0 saturated heterocycles. The van der Waals surface area contributed by atoms with Crippen molar-refractivity contribution in [2.45, 2.75) is 0 Å². The predicted molar refractivity (Wildman–Crippen MR) is 48.3 cm³/mol. The zero-order valence-electron chi connectivity index (χ0n) is 5.44. The molecule has 0 aliphatic carbocycles. The normalized spacial score (nSPS) is 9.18. The third-order valence-corrected chi connectivity index (χ3v) is 2.04. The molecule has 0 spiro atoms. The van der Waals surface area contributed by atoms with E-state index in [1.54, 1.807) is 12.1 Å². The minimum atomic E-state index is 0.395. The van der Waals surface area contributed by atoms with Crippen molar-refractivity contribution in [3.63, 3.8) is 0 Å². The molecule has 2 nitrogen and oxygen atoms in total. The monoisotopic (exact) mass is 230 g/mol. The lowest BCUT2D eigenvalue weighted by molar-refractivity contribution is 1.47. The van der Waals surface area contributed by atoms with Crippen LogP contribution >= 0.6 is 27.5 Å². The van der Waals surface area contributed by atoms with Crippen molar-refractivity contribution < 1.29 is 0 Å². The molecule has 2 N–H and O–H groups in total. The fourth-order valence-electron chi connectivity index (χ4n) is 0.711. The number of rotatable bonds is 0. The number of anilines is 1. The van der Waals surface area contributed by atoms with Crippen LogP contribution in [0.25, 0.3) is 0 Å². The van der Waals surface area contributed by atoms with Crippen LogP contribution in [0.15, 0.2) is 16.6 Å². The third-order valence-electron chi connectivity index (χ3n) is 1.20. The van der Waals surface area contributed by atoms with Gasteiger partial charge in [-0.2, -0.15) is 5.26 Å². The summed E-state index contributed by atoms with van der Waals surface area (Å²) in [5, 5.41) is 9.11. The van der Waals surface area contributed by atoms with Gasteiger partial charge in [-0.15, -0.1) is 0 Å². The second kappa shape index (κ2) is 3.12. The largest absolute Gasteiger partial charge is 0.398 e. The number of nitrogens with zero attached hydrogens (tertiary/aromatic N) is 1. The summed E-state index contributed by atoms with van der Waals surface area (Å²) < 4.78 is 0.630. The first-order chi connectivity index (χ1) is 5.15. The SMILES string of the molecule is N#Cc1c(N)cc(Cl)cc1Br. The zero-order valence-corrected chi connectivity index (χ0v) is 7.78. The van der Waals surface area contributed by atoms with Crippen molar-refractivity contribution >= 4 is 33.2 Å². The molecule has 1 aromatic carbocycles. The van der Waals surface area contributed by atoms with Gasteiger partial charge in [-0.1, -0.05) is 11.6 Å². The van der Waals surface area contributed by atoms with Crippen LogP contribution in [-0.4, -0.2) is 0 Å². The summed E-state index contributed by atoms with van der Waals surface area (Å²) in [6.07, 6.45) is 0. The Hall–Kier alpha value is -0.720. The molecule has 4 heteroatoms. The molecule has 0 unspecified atom stereocenters. The molecule has 0 aromatic heterocycles. The summed E-state index contributed by atoms with van der Waals surface area (Å²) in [7, 11) is 0. The van der Waals surface area contributed by atoms with Gasteiger partial charge in [-0.05, 0) is 28.1 Å². The van der Waals surface area contributed by atoms with E-state index in [1.807, 2.05) is 6.07 Å². The molecule has 0 bridgehead atoms. The standard InChI is InChI=1S/C7H4BrClN2/c8-6-1-4(9)2-7(11)5(6)3-10/h1-2H,11H2. The molecule has 1 aromatic rings. The molecule has 0 atom stereocenters. The molecule has 1 rings (SSSR count). The Balaban J connectivity index is 3.40. The first kappa shape index (κ1) is 8.38. The fraction of sp³-hybridized carbons (Fsp3) is 0. The Bertz CT molecular complexity index is 307. The second-order valence-corrected chi connectivity index (χ2v) is 3.25. The van der Waals surface area contributed by atoms with E-state index in [1.165, 1.54) is 0 Å². The summed E-state index contributed by atoms with van der Waals surface area (Å²) in [4.78, 5) is 0. The Labute approximate surface area is 77.7 Å². The highest BCUT2D eigenvalue weighted by molar-refractivity contribution is 9.10. The van der Waals surface area contributed by atoms with Crippen molar-refractivity contribution in [1.29, 1.82) is 5.26 Å². The van der Waals surface area contributed by atoms with E-state index in [-0.39, 0.29) is 0 Å². The molecule has 0 amide bonds. The van der Waals surface area contributed by atoms with E-state index in [4.69, 9.17) is 22.6 Å². The number of nitrogens with two attached hydrogens (primary N) is 1. The number of hydrogen-bond donors (Lipinski definition) is 1. The van der Waals surface area contributed by atoms with E-state index < -0.39 is 0 Å². The van der Waals surface area contributed by atoms with Gasteiger partial charge in [-0.3, -0.25) is 0 Å². The van der Waals surface area contributed by atoms with Crippen molar-refractivity contribution in [2.75, 3.05) is 5.73 Å². The lowest BCUT2D eigenvalue weighted by atomic mass is 10.2. The molecule has 0 fully saturated rings. The minimum absolute atomic E-state index is 0.395. The maximum absolute atomic E-state index is 8.59. The van der Waals surface area contributed by atoms with Gasteiger partial charge in [0, 0.05) is 9.50 Å². The van der Waals surface area contributed by atoms with Gasteiger partial charge in [0.25, 0.3) is 0 Å². The van der Waals surface area contributed by atoms with Crippen molar-refractivity contribution in [3.05, 3.63) is 27.2 Å². The lowest BCUT2D eigenvalue weighted by Gasteiger charge is -1.99. The average molecular weight is 231 g/mol. The maximum Gasteiger partial charge on any atom is 0.102 e. The number of hydrogen-bond acceptors (Lipinski definition) is 2. The Morgan fingerprint density at radius 2 is 2.18 bits per heavy atom. The van der Waals surface area contributed by atoms with Gasteiger partial charge in [0.1, 0.15) is 6.07 Å². The van der Waals surface area contributed by atoms with E-state index in [0.717, 1.165) is 0 Å². The molecular weight excluding hydrogens is 227 g/mol. The van der Waals surface area contributed by atoms with Crippen molar-refractivity contribution in [3.8, 4) is 6.07 Å². The van der Waals surface area contributed by atoms with Crippen LogP contribution in [-0.2, 0) is 0 Å². The summed E-state index contributed by atoms with van der Waals surface area (Å²) in [6.45, 7) is 0. The van der Waals surface area contributed by atoms with E-state index in [9.17, 15) is 0 Å². The predicted octanol–water partition coefficient (Wildman–Crippen LogP) is 2.56. The second-order valence-electron chi connectivity index (χ2n) is 1.96. The summed E-state index contributed by atoms with van der Waals surface area (Å²) >= 11 is 8.83. The third kappa shape index (κ3) is 1.65. The summed E-state index contributed by atoms with van der Waals surface area (Å²) in [5.41, 5.74) is 6.32. The average Bonchev–Trinajstić information content (AvgIpc) is 1.85. The van der Waals surface area contributed by atoms with E-state index >= 15 is 0 Å². The van der Waals surface area contributed by atoms with Crippen LogP contribution in [0.5, 0.6) is 0 Å². The minimum Gasteiger partial charge on any atom is -0.398 e. The number of benzene rings is 1. The Kier molecular flexibility index (Phi) is 2.38. The summed E-state index contributed by atoms with van der Waals surface area (Å²) in [5.74, 6) is 0. The maximum atomic E-state index is 8.59. The smallest absolute Gasteiger partial charge is 0.102 e. The van der Waals surface area contributed by atoms with Gasteiger partial charge in [0.05, 0.1) is 11.3 Å². The van der Waals surface area contributed by atoms with Crippen molar-refractivity contribution in [1.82, 2.24) is 0 Å². The Morgan fingerprint density at radius 1 is 1.55 bits per heavy atom. The van der Waals surface area contributed by atoms with Gasteiger partial charge in [0.2, 0.25) is 0 Å². The number of nitriles is 1. The van der Waals surface area contributed by atoms with Crippen molar-refractivity contribution in [2.24, 2.45) is 0 Å². The van der Waals surface area contributed by atoms with E-state index in [2.05, 4.69) is 15.9 Å². The number of nitrogen functional groups attached to an aromatic ring is 1. The first-order valence-electron chi connectivity index (χ1n) is 2.79. The molecule has 0 saturated carbocycles. The van der Waals surface area contributed by atoms with Gasteiger partial charge < -0.3 is 5.73 Å². The number of halogens is 2. The fourth-order valence-corrected chi connectivity index (χ4v) is 1.63. The quantitative estimate of drug-likeness (QED) is 0.698. The molecule has 0 heterocycles. The Morgan fingerprint density at radius 3 is 2.64 bits per heavy atom.